The average Bonchev–Trinajstić information content (AvgIpc) is 2.49. The highest BCUT2D eigenvalue weighted by Crippen LogP contribution is 2.15. The molecule has 0 bridgehead atoms. The predicted molar refractivity (Wildman–Crippen MR) is 80.3 cm³/mol. The Morgan fingerprint density at radius 2 is 2.19 bits per heavy atom. The first kappa shape index (κ1) is 15.5. The van der Waals surface area contributed by atoms with Crippen LogP contribution >= 0.6 is 0 Å². The van der Waals surface area contributed by atoms with E-state index in [4.69, 9.17) is 4.74 Å². The Morgan fingerprint density at radius 3 is 2.90 bits per heavy atom. The second-order valence-corrected chi connectivity index (χ2v) is 4.88. The highest BCUT2D eigenvalue weighted by molar-refractivity contribution is 6.03. The number of para-hydroxylation sites is 1. The molecule has 0 aliphatic carbocycles. The van der Waals surface area contributed by atoms with Crippen LogP contribution in [0.2, 0.25) is 0 Å². The lowest BCUT2D eigenvalue weighted by atomic mass is 10.1. The number of amides is 2. The van der Waals surface area contributed by atoms with Gasteiger partial charge in [0.15, 0.2) is 0 Å². The Bertz CT molecular complexity index is 499. The van der Waals surface area contributed by atoms with Gasteiger partial charge in [0.25, 0.3) is 5.91 Å². The third kappa shape index (κ3) is 4.54. The van der Waals surface area contributed by atoms with Gasteiger partial charge in [-0.2, -0.15) is 0 Å². The molecule has 1 aromatic carbocycles. The van der Waals surface area contributed by atoms with E-state index in [0.717, 1.165) is 6.54 Å². The van der Waals surface area contributed by atoms with Crippen LogP contribution in [0.4, 0.5) is 5.69 Å². The Labute approximate surface area is 124 Å². The number of anilines is 1. The Kier molecular flexibility index (Phi) is 5.71. The first-order valence-electron chi connectivity index (χ1n) is 7.19. The van der Waals surface area contributed by atoms with Gasteiger partial charge in [-0.15, -0.1) is 0 Å². The van der Waals surface area contributed by atoms with Crippen molar-refractivity contribution >= 4 is 17.5 Å². The quantitative estimate of drug-likeness (QED) is 0.748. The topological polar surface area (TPSA) is 79.5 Å². The summed E-state index contributed by atoms with van der Waals surface area (Å²) >= 11 is 0. The van der Waals surface area contributed by atoms with Crippen molar-refractivity contribution in [3.63, 3.8) is 0 Å². The van der Waals surface area contributed by atoms with Crippen LogP contribution in [0.3, 0.4) is 0 Å². The molecule has 1 heterocycles. The molecule has 0 saturated carbocycles. The molecule has 1 unspecified atom stereocenters. The van der Waals surface area contributed by atoms with Crippen molar-refractivity contribution in [3.8, 4) is 0 Å². The maximum Gasteiger partial charge on any atom is 0.253 e. The summed E-state index contributed by atoms with van der Waals surface area (Å²) in [5, 5.41) is 8.76. The van der Waals surface area contributed by atoms with Gasteiger partial charge in [-0.3, -0.25) is 9.59 Å². The average molecular weight is 291 g/mol. The summed E-state index contributed by atoms with van der Waals surface area (Å²) in [5.74, 6) is -0.317. The molecule has 3 N–H and O–H groups in total. The maximum atomic E-state index is 12.1. The Morgan fingerprint density at radius 1 is 1.38 bits per heavy atom. The van der Waals surface area contributed by atoms with Crippen molar-refractivity contribution in [1.82, 2.24) is 10.6 Å². The SMILES string of the molecule is CCNC(=O)c1ccccc1NC(=O)CC1COCCN1. The van der Waals surface area contributed by atoms with E-state index < -0.39 is 0 Å². The summed E-state index contributed by atoms with van der Waals surface area (Å²) in [5.41, 5.74) is 1.01. The van der Waals surface area contributed by atoms with Gasteiger partial charge in [0, 0.05) is 25.6 Å². The number of ether oxygens (including phenoxy) is 1. The minimum Gasteiger partial charge on any atom is -0.378 e. The summed E-state index contributed by atoms with van der Waals surface area (Å²) in [4.78, 5) is 24.0. The molecule has 0 radical (unpaired) electrons. The molecule has 2 rings (SSSR count). The molecule has 1 aromatic rings. The van der Waals surface area contributed by atoms with Crippen LogP contribution in [0.5, 0.6) is 0 Å². The summed E-state index contributed by atoms with van der Waals surface area (Å²) in [6, 6.07) is 7.02. The monoisotopic (exact) mass is 291 g/mol. The second kappa shape index (κ2) is 7.75. The molecule has 6 heteroatoms. The lowest BCUT2D eigenvalue weighted by Crippen LogP contribution is -2.43. The number of nitrogens with one attached hydrogen (secondary N) is 3. The second-order valence-electron chi connectivity index (χ2n) is 4.88. The summed E-state index contributed by atoms with van der Waals surface area (Å²) in [6.45, 7) is 4.37. The third-order valence-corrected chi connectivity index (χ3v) is 3.21. The molecule has 0 aromatic heterocycles. The lowest BCUT2D eigenvalue weighted by Gasteiger charge is -2.23. The predicted octanol–water partition coefficient (Wildman–Crippen LogP) is 0.753. The fraction of sp³-hybridized carbons (Fsp3) is 0.467. The number of hydrogen-bond acceptors (Lipinski definition) is 4. The van der Waals surface area contributed by atoms with Crippen molar-refractivity contribution in [2.24, 2.45) is 0 Å². The van der Waals surface area contributed by atoms with Crippen molar-refractivity contribution in [1.29, 1.82) is 0 Å². The molecule has 1 fully saturated rings. The van der Waals surface area contributed by atoms with E-state index in [-0.39, 0.29) is 17.9 Å². The molecule has 2 amide bonds. The molecule has 1 aliphatic rings. The van der Waals surface area contributed by atoms with Crippen LogP contribution in [0.1, 0.15) is 23.7 Å². The van der Waals surface area contributed by atoms with E-state index in [9.17, 15) is 9.59 Å². The number of hydrogen-bond donors (Lipinski definition) is 3. The van der Waals surface area contributed by atoms with Crippen LogP contribution in [0, 0.1) is 0 Å². The number of benzene rings is 1. The van der Waals surface area contributed by atoms with Crippen molar-refractivity contribution in [2.75, 3.05) is 31.6 Å². The van der Waals surface area contributed by atoms with Crippen LogP contribution in [0.25, 0.3) is 0 Å². The minimum atomic E-state index is -0.187. The fourth-order valence-corrected chi connectivity index (χ4v) is 2.22. The molecule has 1 aliphatic heterocycles. The number of carbonyl (C=O) groups excluding carboxylic acids is 2. The largest absolute Gasteiger partial charge is 0.378 e. The van der Waals surface area contributed by atoms with Gasteiger partial charge < -0.3 is 20.7 Å². The van der Waals surface area contributed by atoms with E-state index in [1.54, 1.807) is 24.3 Å². The summed E-state index contributed by atoms with van der Waals surface area (Å²) in [7, 11) is 0. The molecule has 114 valence electrons. The molecule has 1 atom stereocenters. The highest BCUT2D eigenvalue weighted by atomic mass is 16.5. The van der Waals surface area contributed by atoms with E-state index in [1.165, 1.54) is 0 Å². The van der Waals surface area contributed by atoms with Gasteiger partial charge in [-0.05, 0) is 19.1 Å². The zero-order chi connectivity index (χ0) is 15.1. The zero-order valence-corrected chi connectivity index (χ0v) is 12.1. The molecule has 1 saturated heterocycles. The van der Waals surface area contributed by atoms with E-state index in [1.807, 2.05) is 6.92 Å². The van der Waals surface area contributed by atoms with E-state index in [0.29, 0.717) is 37.4 Å². The maximum absolute atomic E-state index is 12.1. The Balaban J connectivity index is 1.98. The minimum absolute atomic E-state index is 0.0235. The van der Waals surface area contributed by atoms with Crippen LogP contribution < -0.4 is 16.0 Å². The summed E-state index contributed by atoms with van der Waals surface area (Å²) in [6.07, 6.45) is 0.323. The van der Waals surface area contributed by atoms with Gasteiger partial charge in [-0.1, -0.05) is 12.1 Å². The van der Waals surface area contributed by atoms with E-state index >= 15 is 0 Å². The number of carbonyl (C=O) groups is 2. The van der Waals surface area contributed by atoms with Crippen LogP contribution in [-0.4, -0.2) is 44.2 Å². The normalized spacial score (nSPS) is 18.0. The van der Waals surface area contributed by atoms with Crippen molar-refractivity contribution < 1.29 is 14.3 Å². The van der Waals surface area contributed by atoms with Gasteiger partial charge in [0.2, 0.25) is 5.91 Å². The number of morpholine rings is 1. The van der Waals surface area contributed by atoms with Gasteiger partial charge >= 0.3 is 0 Å². The molecular weight excluding hydrogens is 270 g/mol. The first-order chi connectivity index (χ1) is 10.2. The smallest absolute Gasteiger partial charge is 0.253 e. The van der Waals surface area contributed by atoms with Gasteiger partial charge in [-0.25, -0.2) is 0 Å². The lowest BCUT2D eigenvalue weighted by molar-refractivity contribution is -0.117. The standard InChI is InChI=1S/C15H21N3O3/c1-2-16-15(20)12-5-3-4-6-13(12)18-14(19)9-11-10-21-8-7-17-11/h3-6,11,17H,2,7-10H2,1H3,(H,16,20)(H,18,19). The third-order valence-electron chi connectivity index (χ3n) is 3.21. The molecule has 0 spiro atoms. The van der Waals surface area contributed by atoms with Crippen molar-refractivity contribution in [3.05, 3.63) is 29.8 Å². The summed E-state index contributed by atoms with van der Waals surface area (Å²) < 4.78 is 5.32. The van der Waals surface area contributed by atoms with Crippen LogP contribution in [-0.2, 0) is 9.53 Å². The first-order valence-corrected chi connectivity index (χ1v) is 7.19. The van der Waals surface area contributed by atoms with Crippen LogP contribution in [0.15, 0.2) is 24.3 Å². The molecule has 21 heavy (non-hydrogen) atoms. The molecular formula is C15H21N3O3. The zero-order valence-electron chi connectivity index (χ0n) is 12.1. The van der Waals surface area contributed by atoms with Gasteiger partial charge in [0.05, 0.1) is 24.5 Å². The Hall–Kier alpha value is -1.92. The van der Waals surface area contributed by atoms with E-state index in [2.05, 4.69) is 16.0 Å². The fourth-order valence-electron chi connectivity index (χ4n) is 2.22. The van der Waals surface area contributed by atoms with Gasteiger partial charge in [0.1, 0.15) is 0 Å². The molecule has 6 nitrogen and oxygen atoms in total. The number of rotatable bonds is 5. The van der Waals surface area contributed by atoms with Crippen molar-refractivity contribution in [2.45, 2.75) is 19.4 Å². The highest BCUT2D eigenvalue weighted by Gasteiger charge is 2.18.